The van der Waals surface area contributed by atoms with Gasteiger partial charge in [-0.05, 0) is 53.7 Å². The predicted octanol–water partition coefficient (Wildman–Crippen LogP) is 5.02. The number of halogens is 1. The van der Waals surface area contributed by atoms with E-state index in [0.717, 1.165) is 40.7 Å². The van der Waals surface area contributed by atoms with Crippen molar-refractivity contribution in [2.24, 2.45) is 0 Å². The van der Waals surface area contributed by atoms with Crippen molar-refractivity contribution in [2.75, 3.05) is 17.6 Å². The summed E-state index contributed by atoms with van der Waals surface area (Å²) in [7, 11) is 0. The monoisotopic (exact) mass is 389 g/mol. The first-order chi connectivity index (χ1) is 12.2. The lowest BCUT2D eigenvalue weighted by atomic mass is 10.1. The molecule has 0 aliphatic heterocycles. The van der Waals surface area contributed by atoms with Crippen LogP contribution >= 0.6 is 35.6 Å². The van der Waals surface area contributed by atoms with Crippen molar-refractivity contribution in [3.63, 3.8) is 0 Å². The predicted molar refractivity (Wildman–Crippen MR) is 112 cm³/mol. The van der Waals surface area contributed by atoms with Gasteiger partial charge in [-0.3, -0.25) is 0 Å². The summed E-state index contributed by atoms with van der Waals surface area (Å²) < 4.78 is 0. The number of nitriles is 1. The number of thioether (sulfide) groups is 1. The molecule has 2 aromatic carbocycles. The van der Waals surface area contributed by atoms with Crippen molar-refractivity contribution in [3.05, 3.63) is 64.7 Å². The van der Waals surface area contributed by atoms with Gasteiger partial charge in [0.25, 0.3) is 0 Å². The van der Waals surface area contributed by atoms with Crippen LogP contribution in [0.2, 0.25) is 5.02 Å². The van der Waals surface area contributed by atoms with E-state index in [1.165, 1.54) is 5.56 Å². The molecule has 0 fully saturated rings. The van der Waals surface area contributed by atoms with Crippen LogP contribution in [0.25, 0.3) is 0 Å². The molecule has 2 aromatic rings. The van der Waals surface area contributed by atoms with Gasteiger partial charge in [-0.1, -0.05) is 41.9 Å². The highest BCUT2D eigenvalue weighted by atomic mass is 35.5. The Kier molecular flexibility index (Phi) is 8.61. The van der Waals surface area contributed by atoms with Gasteiger partial charge in [0.05, 0.1) is 12.5 Å². The summed E-state index contributed by atoms with van der Waals surface area (Å²) in [4.78, 5) is 0. The molecule has 0 unspecified atom stereocenters. The van der Waals surface area contributed by atoms with E-state index in [9.17, 15) is 0 Å². The zero-order valence-corrected chi connectivity index (χ0v) is 16.2. The molecule has 130 valence electrons. The maximum absolute atomic E-state index is 8.67. The highest BCUT2D eigenvalue weighted by molar-refractivity contribution is 7.98. The van der Waals surface area contributed by atoms with Gasteiger partial charge in [0.2, 0.25) is 0 Å². The first kappa shape index (κ1) is 19.6. The number of benzene rings is 2. The highest BCUT2D eigenvalue weighted by Gasteiger charge is 2.00. The van der Waals surface area contributed by atoms with E-state index in [2.05, 4.69) is 22.8 Å². The molecule has 0 radical (unpaired) electrons. The fraction of sp³-hybridized carbons (Fsp3) is 0.263. The van der Waals surface area contributed by atoms with Gasteiger partial charge in [0.15, 0.2) is 5.11 Å². The number of nitrogens with one attached hydrogen (secondary N) is 2. The summed E-state index contributed by atoms with van der Waals surface area (Å²) in [6.07, 6.45) is 1.45. The van der Waals surface area contributed by atoms with Crippen LogP contribution in [0.3, 0.4) is 0 Å². The average molecular weight is 390 g/mol. The largest absolute Gasteiger partial charge is 0.362 e. The van der Waals surface area contributed by atoms with Crippen LogP contribution in [-0.2, 0) is 12.2 Å². The summed E-state index contributed by atoms with van der Waals surface area (Å²) in [5.41, 5.74) is 3.11. The zero-order valence-electron chi connectivity index (χ0n) is 13.8. The second kappa shape index (κ2) is 11.0. The van der Waals surface area contributed by atoms with Crippen LogP contribution in [-0.4, -0.2) is 17.4 Å². The van der Waals surface area contributed by atoms with Crippen molar-refractivity contribution >= 4 is 46.4 Å². The third-order valence-corrected chi connectivity index (χ3v) is 5.17. The first-order valence-corrected chi connectivity index (χ1v) is 9.95. The molecule has 0 heterocycles. The standard InChI is InChI=1S/C19H20ClN3S2/c20-18-5-2-1-4-16(18)14-25-13-3-12-22-19(24)23-17-8-6-15(7-9-17)10-11-21/h1-2,4-9H,3,10,12-14H2,(H2,22,23,24). The summed E-state index contributed by atoms with van der Waals surface area (Å²) in [6.45, 7) is 0.827. The lowest BCUT2D eigenvalue weighted by molar-refractivity contribution is 0.854. The molecule has 25 heavy (non-hydrogen) atoms. The molecule has 2 N–H and O–H groups in total. The molecule has 0 bridgehead atoms. The molecule has 2 rings (SSSR count). The normalized spacial score (nSPS) is 10.1. The number of thiocarbonyl (C=S) groups is 1. The molecule has 0 spiro atoms. The Balaban J connectivity index is 1.59. The van der Waals surface area contributed by atoms with Crippen LogP contribution in [0.1, 0.15) is 17.5 Å². The number of hydrogen-bond donors (Lipinski definition) is 2. The van der Waals surface area contributed by atoms with E-state index in [1.807, 2.05) is 54.2 Å². The van der Waals surface area contributed by atoms with Crippen molar-refractivity contribution in [1.29, 1.82) is 5.26 Å². The van der Waals surface area contributed by atoms with E-state index in [0.29, 0.717) is 11.5 Å². The van der Waals surface area contributed by atoms with E-state index >= 15 is 0 Å². The Morgan fingerprint density at radius 2 is 1.92 bits per heavy atom. The van der Waals surface area contributed by atoms with E-state index in [4.69, 9.17) is 29.1 Å². The SMILES string of the molecule is N#CCc1ccc(NC(=S)NCCCSCc2ccccc2Cl)cc1. The van der Waals surface area contributed by atoms with Crippen LogP contribution in [0.4, 0.5) is 5.69 Å². The molecule has 0 aliphatic rings. The Morgan fingerprint density at radius 3 is 2.64 bits per heavy atom. The van der Waals surface area contributed by atoms with E-state index in [-0.39, 0.29) is 0 Å². The molecular formula is C19H20ClN3S2. The lowest BCUT2D eigenvalue weighted by Crippen LogP contribution is -2.29. The summed E-state index contributed by atoms with van der Waals surface area (Å²) >= 11 is 13.3. The van der Waals surface area contributed by atoms with Gasteiger partial charge in [-0.2, -0.15) is 17.0 Å². The summed E-state index contributed by atoms with van der Waals surface area (Å²) in [5, 5.41) is 16.5. The highest BCUT2D eigenvalue weighted by Crippen LogP contribution is 2.20. The molecule has 6 heteroatoms. The number of hydrogen-bond acceptors (Lipinski definition) is 3. The molecule has 0 saturated carbocycles. The quantitative estimate of drug-likeness (QED) is 0.490. The van der Waals surface area contributed by atoms with Gasteiger partial charge in [-0.15, -0.1) is 0 Å². The van der Waals surface area contributed by atoms with Crippen molar-refractivity contribution in [3.8, 4) is 6.07 Å². The molecule has 0 amide bonds. The third kappa shape index (κ3) is 7.35. The second-order valence-corrected chi connectivity index (χ2v) is 7.33. The van der Waals surface area contributed by atoms with Gasteiger partial charge in [0, 0.05) is 23.0 Å². The van der Waals surface area contributed by atoms with Gasteiger partial charge in [0.1, 0.15) is 0 Å². The van der Waals surface area contributed by atoms with Crippen LogP contribution < -0.4 is 10.6 Å². The van der Waals surface area contributed by atoms with Gasteiger partial charge >= 0.3 is 0 Å². The fourth-order valence-electron chi connectivity index (χ4n) is 2.15. The third-order valence-electron chi connectivity index (χ3n) is 3.46. The van der Waals surface area contributed by atoms with E-state index < -0.39 is 0 Å². The van der Waals surface area contributed by atoms with Crippen molar-refractivity contribution < 1.29 is 0 Å². The fourth-order valence-corrected chi connectivity index (χ4v) is 3.61. The lowest BCUT2D eigenvalue weighted by Gasteiger charge is -2.11. The minimum Gasteiger partial charge on any atom is -0.362 e. The number of nitrogens with zero attached hydrogens (tertiary/aromatic N) is 1. The Morgan fingerprint density at radius 1 is 1.16 bits per heavy atom. The molecule has 0 aromatic heterocycles. The van der Waals surface area contributed by atoms with E-state index in [1.54, 1.807) is 0 Å². The van der Waals surface area contributed by atoms with Crippen molar-refractivity contribution in [2.45, 2.75) is 18.6 Å². The first-order valence-electron chi connectivity index (χ1n) is 8.01. The summed E-state index contributed by atoms with van der Waals surface area (Å²) in [5.74, 6) is 1.97. The molecule has 3 nitrogen and oxygen atoms in total. The van der Waals surface area contributed by atoms with Crippen LogP contribution in [0, 0.1) is 11.3 Å². The minimum absolute atomic E-state index is 0.425. The summed E-state index contributed by atoms with van der Waals surface area (Å²) in [6, 6.07) is 17.8. The second-order valence-electron chi connectivity index (χ2n) is 5.41. The Labute approximate surface area is 163 Å². The maximum Gasteiger partial charge on any atom is 0.170 e. The molecule has 0 aliphatic carbocycles. The van der Waals surface area contributed by atoms with Crippen molar-refractivity contribution in [1.82, 2.24) is 5.32 Å². The molecule has 0 atom stereocenters. The van der Waals surface area contributed by atoms with Gasteiger partial charge in [-0.25, -0.2) is 0 Å². The molecular weight excluding hydrogens is 370 g/mol. The Hall–Kier alpha value is -1.74. The van der Waals surface area contributed by atoms with Crippen LogP contribution in [0.5, 0.6) is 0 Å². The zero-order chi connectivity index (χ0) is 17.9. The minimum atomic E-state index is 0.425. The topological polar surface area (TPSA) is 47.9 Å². The number of anilines is 1. The van der Waals surface area contributed by atoms with Crippen LogP contribution in [0.15, 0.2) is 48.5 Å². The smallest absolute Gasteiger partial charge is 0.170 e. The number of rotatable bonds is 8. The molecule has 0 saturated heterocycles. The average Bonchev–Trinajstić information content (AvgIpc) is 2.61. The Bertz CT molecular complexity index is 726. The van der Waals surface area contributed by atoms with Gasteiger partial charge < -0.3 is 10.6 Å². The maximum atomic E-state index is 8.67.